The predicted molar refractivity (Wildman–Crippen MR) is 104 cm³/mol. The zero-order chi connectivity index (χ0) is 19.1. The van der Waals surface area contributed by atoms with Crippen molar-refractivity contribution >= 4 is 22.9 Å². The van der Waals surface area contributed by atoms with E-state index >= 15 is 0 Å². The van der Waals surface area contributed by atoms with E-state index in [0.29, 0.717) is 19.5 Å². The SMILES string of the molecule is N#CCCn1cc(/C=C(\C#N)C(=O)NCc2ccccc2)c2ccccc21. The summed E-state index contributed by atoms with van der Waals surface area (Å²) in [5.74, 6) is -0.407. The van der Waals surface area contributed by atoms with Crippen molar-refractivity contribution in [1.29, 1.82) is 10.5 Å². The highest BCUT2D eigenvalue weighted by Gasteiger charge is 2.12. The average Bonchev–Trinajstić information content (AvgIpc) is 3.07. The molecule has 0 spiro atoms. The number of aryl methyl sites for hydroxylation is 1. The number of hydrogen-bond acceptors (Lipinski definition) is 3. The van der Waals surface area contributed by atoms with Crippen molar-refractivity contribution in [2.75, 3.05) is 0 Å². The van der Waals surface area contributed by atoms with Gasteiger partial charge in [-0.15, -0.1) is 0 Å². The van der Waals surface area contributed by atoms with E-state index in [0.717, 1.165) is 22.0 Å². The van der Waals surface area contributed by atoms with E-state index in [1.165, 1.54) is 0 Å². The van der Waals surface area contributed by atoms with Gasteiger partial charge in [-0.05, 0) is 17.7 Å². The molecule has 5 nitrogen and oxygen atoms in total. The van der Waals surface area contributed by atoms with Crippen molar-refractivity contribution in [3.8, 4) is 12.1 Å². The molecule has 0 unspecified atom stereocenters. The van der Waals surface area contributed by atoms with Crippen molar-refractivity contribution < 1.29 is 4.79 Å². The Morgan fingerprint density at radius 2 is 1.81 bits per heavy atom. The van der Waals surface area contributed by atoms with Gasteiger partial charge in [-0.25, -0.2) is 0 Å². The summed E-state index contributed by atoms with van der Waals surface area (Å²) >= 11 is 0. The Balaban J connectivity index is 1.86. The van der Waals surface area contributed by atoms with Crippen LogP contribution in [0.1, 0.15) is 17.5 Å². The number of nitrogens with one attached hydrogen (secondary N) is 1. The van der Waals surface area contributed by atoms with Crippen molar-refractivity contribution in [3.05, 3.63) is 77.5 Å². The van der Waals surface area contributed by atoms with Crippen LogP contribution < -0.4 is 5.32 Å². The lowest BCUT2D eigenvalue weighted by Gasteiger charge is -2.04. The minimum Gasteiger partial charge on any atom is -0.347 e. The van der Waals surface area contributed by atoms with Gasteiger partial charge in [-0.2, -0.15) is 10.5 Å². The Hall–Kier alpha value is -3.83. The molecule has 0 bridgehead atoms. The maximum absolute atomic E-state index is 12.4. The van der Waals surface area contributed by atoms with Crippen LogP contribution in [0.15, 0.2) is 66.4 Å². The molecule has 0 aliphatic heterocycles. The minimum atomic E-state index is -0.407. The van der Waals surface area contributed by atoms with Gasteiger partial charge in [0.1, 0.15) is 11.6 Å². The summed E-state index contributed by atoms with van der Waals surface area (Å²) in [6.45, 7) is 0.926. The molecular weight excluding hydrogens is 336 g/mol. The second kappa shape index (κ2) is 8.51. The Morgan fingerprint density at radius 1 is 1.07 bits per heavy atom. The van der Waals surface area contributed by atoms with E-state index in [1.807, 2.05) is 71.4 Å². The van der Waals surface area contributed by atoms with Crippen LogP contribution in [0, 0.1) is 22.7 Å². The topological polar surface area (TPSA) is 81.6 Å². The first kappa shape index (κ1) is 18.0. The Morgan fingerprint density at radius 3 is 2.56 bits per heavy atom. The van der Waals surface area contributed by atoms with Gasteiger partial charge in [0, 0.05) is 35.8 Å². The van der Waals surface area contributed by atoms with Crippen molar-refractivity contribution in [2.45, 2.75) is 19.5 Å². The third kappa shape index (κ3) is 4.23. The second-order valence-corrected chi connectivity index (χ2v) is 6.04. The highest BCUT2D eigenvalue weighted by atomic mass is 16.1. The van der Waals surface area contributed by atoms with E-state index in [9.17, 15) is 10.1 Å². The molecule has 132 valence electrons. The fraction of sp³-hybridized carbons (Fsp3) is 0.136. The summed E-state index contributed by atoms with van der Waals surface area (Å²) in [6.07, 6.45) is 3.87. The van der Waals surface area contributed by atoms with Gasteiger partial charge in [0.2, 0.25) is 0 Å². The smallest absolute Gasteiger partial charge is 0.262 e. The summed E-state index contributed by atoms with van der Waals surface area (Å²) in [5.41, 5.74) is 2.78. The van der Waals surface area contributed by atoms with E-state index in [-0.39, 0.29) is 5.57 Å². The fourth-order valence-corrected chi connectivity index (χ4v) is 2.92. The summed E-state index contributed by atoms with van der Waals surface area (Å²) in [4.78, 5) is 12.4. The van der Waals surface area contributed by atoms with Gasteiger partial charge >= 0.3 is 0 Å². The largest absolute Gasteiger partial charge is 0.347 e. The Kier molecular flexibility index (Phi) is 5.67. The van der Waals surface area contributed by atoms with Crippen LogP contribution in [0.5, 0.6) is 0 Å². The predicted octanol–water partition coefficient (Wildman–Crippen LogP) is 3.78. The maximum atomic E-state index is 12.4. The van der Waals surface area contributed by atoms with E-state index in [1.54, 1.807) is 6.08 Å². The molecule has 0 saturated heterocycles. The lowest BCUT2D eigenvalue weighted by atomic mass is 10.1. The molecule has 1 aromatic heterocycles. The van der Waals surface area contributed by atoms with Crippen LogP contribution in [0.25, 0.3) is 17.0 Å². The van der Waals surface area contributed by atoms with E-state index in [4.69, 9.17) is 5.26 Å². The zero-order valence-electron chi connectivity index (χ0n) is 14.7. The number of carbonyl (C=O) groups excluding carboxylic acids is 1. The molecule has 1 amide bonds. The number of carbonyl (C=O) groups is 1. The summed E-state index contributed by atoms with van der Waals surface area (Å²) in [5, 5.41) is 22.0. The van der Waals surface area contributed by atoms with Crippen LogP contribution in [0.3, 0.4) is 0 Å². The lowest BCUT2D eigenvalue weighted by Crippen LogP contribution is -2.23. The number of para-hydroxylation sites is 1. The second-order valence-electron chi connectivity index (χ2n) is 6.04. The number of rotatable bonds is 6. The molecule has 0 aliphatic rings. The van der Waals surface area contributed by atoms with Crippen molar-refractivity contribution in [2.24, 2.45) is 0 Å². The molecule has 3 aromatic rings. The number of amides is 1. The Labute approximate surface area is 157 Å². The number of aromatic nitrogens is 1. The summed E-state index contributed by atoms with van der Waals surface area (Å²) < 4.78 is 1.97. The first-order chi connectivity index (χ1) is 13.2. The quantitative estimate of drug-likeness (QED) is 0.540. The molecule has 0 radical (unpaired) electrons. The van der Waals surface area contributed by atoms with Crippen molar-refractivity contribution in [3.63, 3.8) is 0 Å². The van der Waals surface area contributed by atoms with E-state index < -0.39 is 5.91 Å². The van der Waals surface area contributed by atoms with Gasteiger partial charge in [0.05, 0.1) is 12.5 Å². The van der Waals surface area contributed by atoms with Gasteiger partial charge < -0.3 is 9.88 Å². The normalized spacial score (nSPS) is 11.0. The average molecular weight is 354 g/mol. The van der Waals surface area contributed by atoms with Crippen LogP contribution in [0.4, 0.5) is 0 Å². The number of fused-ring (bicyclic) bond motifs is 1. The number of benzene rings is 2. The van der Waals surface area contributed by atoms with Crippen LogP contribution in [-0.4, -0.2) is 10.5 Å². The van der Waals surface area contributed by atoms with Gasteiger partial charge in [0.25, 0.3) is 5.91 Å². The molecule has 0 atom stereocenters. The number of nitrogens with zero attached hydrogens (tertiary/aromatic N) is 3. The molecule has 27 heavy (non-hydrogen) atoms. The molecule has 1 N–H and O–H groups in total. The van der Waals surface area contributed by atoms with Gasteiger partial charge in [-0.1, -0.05) is 48.5 Å². The first-order valence-electron chi connectivity index (χ1n) is 8.61. The van der Waals surface area contributed by atoms with Crippen molar-refractivity contribution in [1.82, 2.24) is 9.88 Å². The van der Waals surface area contributed by atoms with Crippen LogP contribution in [-0.2, 0) is 17.9 Å². The molecule has 3 rings (SSSR count). The first-order valence-corrected chi connectivity index (χ1v) is 8.61. The van der Waals surface area contributed by atoms with Gasteiger partial charge in [-0.3, -0.25) is 4.79 Å². The lowest BCUT2D eigenvalue weighted by molar-refractivity contribution is -0.117. The Bertz CT molecular complexity index is 1070. The number of nitriles is 2. The van der Waals surface area contributed by atoms with E-state index in [2.05, 4.69) is 11.4 Å². The highest BCUT2D eigenvalue weighted by molar-refractivity contribution is 6.04. The van der Waals surface area contributed by atoms with Crippen LogP contribution in [0.2, 0.25) is 0 Å². The fourth-order valence-electron chi connectivity index (χ4n) is 2.92. The zero-order valence-corrected chi connectivity index (χ0v) is 14.7. The molecule has 2 aromatic carbocycles. The highest BCUT2D eigenvalue weighted by Crippen LogP contribution is 2.24. The summed E-state index contributed by atoms with van der Waals surface area (Å²) in [6, 6.07) is 21.4. The maximum Gasteiger partial charge on any atom is 0.262 e. The molecule has 1 heterocycles. The third-order valence-corrected chi connectivity index (χ3v) is 4.24. The molecule has 0 saturated carbocycles. The molecular formula is C22H18N4O. The third-order valence-electron chi connectivity index (χ3n) is 4.24. The monoisotopic (exact) mass is 354 g/mol. The summed E-state index contributed by atoms with van der Waals surface area (Å²) in [7, 11) is 0. The molecule has 0 aliphatic carbocycles. The molecule has 0 fully saturated rings. The standard InChI is InChI=1S/C22H18N4O/c23-11-6-12-26-16-19(20-9-4-5-10-21(20)26)13-18(14-24)22(27)25-15-17-7-2-1-3-8-17/h1-5,7-10,13,16H,6,12,15H2,(H,25,27)/b18-13+. The van der Waals surface area contributed by atoms with Crippen LogP contribution >= 0.6 is 0 Å². The molecule has 5 heteroatoms. The number of hydrogen-bond donors (Lipinski definition) is 1. The minimum absolute atomic E-state index is 0.0501. The van der Waals surface area contributed by atoms with Gasteiger partial charge in [0.15, 0.2) is 0 Å².